The fraction of sp³-hybridized carbons (Fsp3) is 0.286. The van der Waals surface area contributed by atoms with Crippen LogP contribution in [0.1, 0.15) is 27.3 Å². The topological polar surface area (TPSA) is 75.0 Å². The van der Waals surface area contributed by atoms with Gasteiger partial charge in [-0.25, -0.2) is 0 Å². The lowest BCUT2D eigenvalue weighted by Gasteiger charge is -2.16. The maximum absolute atomic E-state index is 12.2. The summed E-state index contributed by atoms with van der Waals surface area (Å²) in [4.78, 5) is 13.8. The zero-order chi connectivity index (χ0) is 14.0. The van der Waals surface area contributed by atoms with Gasteiger partial charge in [-0.1, -0.05) is 29.8 Å². The molecule has 2 rings (SSSR count). The molecule has 1 heterocycles. The predicted molar refractivity (Wildman–Crippen MR) is 74.7 cm³/mol. The fourth-order valence-electron chi connectivity index (χ4n) is 1.82. The molecule has 0 saturated carbocycles. The zero-order valence-electron chi connectivity index (χ0n) is 11.4. The third-order valence-corrected chi connectivity index (χ3v) is 3.08. The number of nitrogens with one attached hydrogen (secondary N) is 1. The smallest absolute Gasteiger partial charge is 0.276 e. The number of carbonyl (C=O) groups is 1. The quantitative estimate of drug-likeness (QED) is 0.882. The number of nitrogens with zero attached hydrogens (tertiary/aromatic N) is 2. The van der Waals surface area contributed by atoms with Crippen molar-refractivity contribution in [1.29, 1.82) is 0 Å². The molecule has 1 aromatic heterocycles. The Bertz CT molecular complexity index is 586. The Morgan fingerprint density at radius 3 is 2.47 bits per heavy atom. The largest absolute Gasteiger partial charge is 0.395 e. The summed E-state index contributed by atoms with van der Waals surface area (Å²) in [6.45, 7) is 4.36. The first-order chi connectivity index (χ1) is 8.99. The van der Waals surface area contributed by atoms with Gasteiger partial charge in [0, 0.05) is 13.6 Å². The van der Waals surface area contributed by atoms with Crippen LogP contribution in [0.15, 0.2) is 24.3 Å². The van der Waals surface area contributed by atoms with E-state index in [4.69, 9.17) is 5.73 Å². The first kappa shape index (κ1) is 13.1. The molecule has 0 aliphatic rings. The molecule has 0 atom stereocenters. The molecule has 0 radical (unpaired) electrons. The van der Waals surface area contributed by atoms with E-state index in [2.05, 4.69) is 10.2 Å². The minimum atomic E-state index is -0.178. The third-order valence-electron chi connectivity index (χ3n) is 3.08. The van der Waals surface area contributed by atoms with Crippen molar-refractivity contribution in [3.63, 3.8) is 0 Å². The van der Waals surface area contributed by atoms with Crippen LogP contribution in [0.5, 0.6) is 0 Å². The van der Waals surface area contributed by atoms with E-state index in [0.717, 1.165) is 5.56 Å². The van der Waals surface area contributed by atoms with Gasteiger partial charge in [0.05, 0.1) is 11.4 Å². The summed E-state index contributed by atoms with van der Waals surface area (Å²) in [6, 6.07) is 8.08. The molecular weight excluding hydrogens is 240 g/mol. The monoisotopic (exact) mass is 258 g/mol. The van der Waals surface area contributed by atoms with E-state index in [1.807, 2.05) is 31.2 Å². The standard InChI is InChI=1S/C14H18N4O/c1-9-4-6-11(7-5-9)8-18(3)14(19)13-12(15)10(2)16-17-13/h4-7H,8,15H2,1-3H3,(H,16,17). The Morgan fingerprint density at radius 2 is 1.95 bits per heavy atom. The van der Waals surface area contributed by atoms with Crippen molar-refractivity contribution in [3.8, 4) is 0 Å². The van der Waals surface area contributed by atoms with Gasteiger partial charge in [-0.05, 0) is 19.4 Å². The number of anilines is 1. The highest BCUT2D eigenvalue weighted by Gasteiger charge is 2.19. The minimum Gasteiger partial charge on any atom is -0.395 e. The molecule has 1 aromatic carbocycles. The van der Waals surface area contributed by atoms with Gasteiger partial charge >= 0.3 is 0 Å². The van der Waals surface area contributed by atoms with Gasteiger partial charge in [-0.15, -0.1) is 0 Å². The summed E-state index contributed by atoms with van der Waals surface area (Å²) in [6.07, 6.45) is 0. The average Bonchev–Trinajstić information content (AvgIpc) is 2.72. The van der Waals surface area contributed by atoms with Gasteiger partial charge in [-0.2, -0.15) is 5.10 Å². The third kappa shape index (κ3) is 2.76. The van der Waals surface area contributed by atoms with Crippen LogP contribution in [-0.2, 0) is 6.54 Å². The van der Waals surface area contributed by atoms with Crippen LogP contribution in [0.2, 0.25) is 0 Å². The number of aromatic amines is 1. The van der Waals surface area contributed by atoms with Gasteiger partial charge in [0.2, 0.25) is 0 Å². The van der Waals surface area contributed by atoms with Crippen LogP contribution in [0, 0.1) is 13.8 Å². The number of aryl methyl sites for hydroxylation is 2. The van der Waals surface area contributed by atoms with Gasteiger partial charge in [-0.3, -0.25) is 9.89 Å². The Morgan fingerprint density at radius 1 is 1.32 bits per heavy atom. The molecule has 0 saturated heterocycles. The summed E-state index contributed by atoms with van der Waals surface area (Å²) in [5.74, 6) is -0.178. The Balaban J connectivity index is 2.11. The number of nitrogens with two attached hydrogens (primary N) is 1. The van der Waals surface area contributed by atoms with E-state index in [0.29, 0.717) is 17.9 Å². The average molecular weight is 258 g/mol. The molecule has 1 amide bonds. The fourth-order valence-corrected chi connectivity index (χ4v) is 1.82. The van der Waals surface area contributed by atoms with Crippen LogP contribution < -0.4 is 5.73 Å². The zero-order valence-corrected chi connectivity index (χ0v) is 11.4. The summed E-state index contributed by atoms with van der Waals surface area (Å²) in [5.41, 5.74) is 9.51. The predicted octanol–water partition coefficient (Wildman–Crippen LogP) is 1.88. The maximum atomic E-state index is 12.2. The second kappa shape index (κ2) is 5.14. The van der Waals surface area contributed by atoms with Gasteiger partial charge < -0.3 is 10.6 Å². The van der Waals surface area contributed by atoms with Gasteiger partial charge in [0.25, 0.3) is 5.91 Å². The van der Waals surface area contributed by atoms with Crippen molar-refractivity contribution in [2.75, 3.05) is 12.8 Å². The van der Waals surface area contributed by atoms with Crippen LogP contribution in [0.4, 0.5) is 5.69 Å². The van der Waals surface area contributed by atoms with E-state index in [-0.39, 0.29) is 11.6 Å². The number of H-pyrrole nitrogens is 1. The summed E-state index contributed by atoms with van der Waals surface area (Å²) in [5, 5.41) is 6.67. The van der Waals surface area contributed by atoms with Crippen LogP contribution in [0.25, 0.3) is 0 Å². The van der Waals surface area contributed by atoms with E-state index in [1.54, 1.807) is 18.9 Å². The molecule has 3 N–H and O–H groups in total. The molecule has 0 unspecified atom stereocenters. The van der Waals surface area contributed by atoms with Crippen molar-refractivity contribution in [2.45, 2.75) is 20.4 Å². The highest BCUT2D eigenvalue weighted by molar-refractivity contribution is 5.97. The molecule has 0 fully saturated rings. The van der Waals surface area contributed by atoms with Crippen molar-refractivity contribution in [1.82, 2.24) is 15.1 Å². The molecule has 5 heteroatoms. The van der Waals surface area contributed by atoms with Gasteiger partial charge in [0.15, 0.2) is 5.69 Å². The maximum Gasteiger partial charge on any atom is 0.276 e. The number of rotatable bonds is 3. The second-order valence-corrected chi connectivity index (χ2v) is 4.76. The first-order valence-corrected chi connectivity index (χ1v) is 6.10. The molecule has 0 aliphatic carbocycles. The van der Waals surface area contributed by atoms with Crippen molar-refractivity contribution < 1.29 is 4.79 Å². The normalized spacial score (nSPS) is 10.5. The Labute approximate surface area is 112 Å². The number of amides is 1. The highest BCUT2D eigenvalue weighted by atomic mass is 16.2. The van der Waals surface area contributed by atoms with E-state index < -0.39 is 0 Å². The molecule has 0 aliphatic heterocycles. The van der Waals surface area contributed by atoms with Crippen molar-refractivity contribution >= 4 is 11.6 Å². The lowest BCUT2D eigenvalue weighted by atomic mass is 10.1. The van der Waals surface area contributed by atoms with Crippen LogP contribution in [-0.4, -0.2) is 28.1 Å². The lowest BCUT2D eigenvalue weighted by Crippen LogP contribution is -2.27. The summed E-state index contributed by atoms with van der Waals surface area (Å²) in [7, 11) is 1.74. The molecular formula is C14H18N4O. The second-order valence-electron chi connectivity index (χ2n) is 4.76. The van der Waals surface area contributed by atoms with Crippen molar-refractivity contribution in [3.05, 3.63) is 46.8 Å². The Hall–Kier alpha value is -2.30. The van der Waals surface area contributed by atoms with Gasteiger partial charge in [0.1, 0.15) is 0 Å². The molecule has 2 aromatic rings. The molecule has 5 nitrogen and oxygen atoms in total. The van der Waals surface area contributed by atoms with E-state index in [1.165, 1.54) is 5.56 Å². The summed E-state index contributed by atoms with van der Waals surface area (Å²) >= 11 is 0. The highest BCUT2D eigenvalue weighted by Crippen LogP contribution is 2.15. The molecule has 0 bridgehead atoms. The number of nitrogen functional groups attached to an aromatic ring is 1. The molecule has 0 spiro atoms. The van der Waals surface area contributed by atoms with Crippen LogP contribution >= 0.6 is 0 Å². The van der Waals surface area contributed by atoms with Crippen LogP contribution in [0.3, 0.4) is 0 Å². The number of benzene rings is 1. The molecule has 19 heavy (non-hydrogen) atoms. The molecule has 100 valence electrons. The lowest BCUT2D eigenvalue weighted by molar-refractivity contribution is 0.0780. The Kier molecular flexibility index (Phi) is 3.55. The number of carbonyl (C=O) groups excluding carboxylic acids is 1. The first-order valence-electron chi connectivity index (χ1n) is 6.10. The SMILES string of the molecule is Cc1ccc(CN(C)C(=O)c2n[nH]c(C)c2N)cc1. The number of hydrogen-bond acceptors (Lipinski definition) is 3. The van der Waals surface area contributed by atoms with E-state index >= 15 is 0 Å². The minimum absolute atomic E-state index is 0.178. The number of hydrogen-bond donors (Lipinski definition) is 2. The van der Waals surface area contributed by atoms with E-state index in [9.17, 15) is 4.79 Å². The van der Waals surface area contributed by atoms with Crippen molar-refractivity contribution in [2.24, 2.45) is 0 Å². The number of aromatic nitrogens is 2. The summed E-state index contributed by atoms with van der Waals surface area (Å²) < 4.78 is 0.